The minimum Gasteiger partial charge on any atom is -0.497 e. The van der Waals surface area contributed by atoms with Crippen molar-refractivity contribution in [1.82, 2.24) is 14.8 Å². The Morgan fingerprint density at radius 3 is 2.70 bits per heavy atom. The lowest BCUT2D eigenvalue weighted by atomic mass is 10.2. The van der Waals surface area contributed by atoms with Crippen LogP contribution in [0.2, 0.25) is 0 Å². The molecule has 0 unspecified atom stereocenters. The first-order chi connectivity index (χ1) is 13.0. The van der Waals surface area contributed by atoms with E-state index in [1.165, 1.54) is 16.0 Å². The molecule has 0 saturated carbocycles. The molecule has 0 spiro atoms. The molecule has 0 aliphatic rings. The lowest BCUT2D eigenvalue weighted by molar-refractivity contribution is 0.415. The van der Waals surface area contributed by atoms with E-state index in [-0.39, 0.29) is 5.56 Å². The molecule has 6 nitrogen and oxygen atoms in total. The number of nitrogens with one attached hydrogen (secondary N) is 1. The van der Waals surface area contributed by atoms with Crippen LogP contribution in [0.3, 0.4) is 0 Å². The second kappa shape index (κ2) is 6.85. The average Bonchev–Trinajstić information content (AvgIpc) is 3.20. The van der Waals surface area contributed by atoms with Gasteiger partial charge in [-0.05, 0) is 44.2 Å². The smallest absolute Gasteiger partial charge is 0.280 e. The lowest BCUT2D eigenvalue weighted by Gasteiger charge is -2.01. The SMILES string of the molecule is COc1ccc2nc(/N=C/c3c(C)[nH]n(-c4ccc(C)cc4)c3=O)sc2c1. The van der Waals surface area contributed by atoms with E-state index in [4.69, 9.17) is 4.74 Å². The Kier molecular flexibility index (Phi) is 4.37. The van der Waals surface area contributed by atoms with Crippen molar-refractivity contribution in [2.24, 2.45) is 4.99 Å². The lowest BCUT2D eigenvalue weighted by Crippen LogP contribution is -2.17. The van der Waals surface area contributed by atoms with Gasteiger partial charge in [0.15, 0.2) is 0 Å². The maximum atomic E-state index is 12.8. The summed E-state index contributed by atoms with van der Waals surface area (Å²) in [6.07, 6.45) is 1.58. The molecule has 0 atom stereocenters. The summed E-state index contributed by atoms with van der Waals surface area (Å²) in [5, 5.41) is 3.70. The van der Waals surface area contributed by atoms with Gasteiger partial charge in [-0.3, -0.25) is 9.89 Å². The number of methoxy groups -OCH3 is 1. The third-order valence-electron chi connectivity index (χ3n) is 4.30. The van der Waals surface area contributed by atoms with E-state index < -0.39 is 0 Å². The molecule has 0 amide bonds. The van der Waals surface area contributed by atoms with Crippen LogP contribution in [0, 0.1) is 13.8 Å². The molecule has 0 aliphatic heterocycles. The van der Waals surface area contributed by atoms with E-state index in [1.54, 1.807) is 13.3 Å². The average molecular weight is 378 g/mol. The van der Waals surface area contributed by atoms with E-state index in [0.29, 0.717) is 10.7 Å². The second-order valence-electron chi connectivity index (χ2n) is 6.21. The molecule has 4 aromatic rings. The summed E-state index contributed by atoms with van der Waals surface area (Å²) in [7, 11) is 1.63. The largest absolute Gasteiger partial charge is 0.497 e. The number of aryl methyl sites for hydroxylation is 2. The van der Waals surface area contributed by atoms with E-state index in [1.807, 2.05) is 56.3 Å². The molecule has 7 heteroatoms. The molecule has 27 heavy (non-hydrogen) atoms. The zero-order valence-electron chi connectivity index (χ0n) is 15.2. The molecule has 1 N–H and O–H groups in total. The molecule has 0 radical (unpaired) electrons. The maximum absolute atomic E-state index is 12.8. The molecule has 2 heterocycles. The number of aliphatic imine (C=N–C) groups is 1. The van der Waals surface area contributed by atoms with Crippen molar-refractivity contribution in [2.75, 3.05) is 7.11 Å². The van der Waals surface area contributed by atoms with Gasteiger partial charge >= 0.3 is 0 Å². The first-order valence-corrected chi connectivity index (χ1v) is 9.24. The molecular formula is C20H18N4O2S. The number of aromatic nitrogens is 3. The molecule has 2 aromatic carbocycles. The van der Waals surface area contributed by atoms with Crippen LogP contribution in [0.15, 0.2) is 52.3 Å². The Balaban J connectivity index is 1.68. The zero-order valence-corrected chi connectivity index (χ0v) is 16.0. The number of nitrogens with zero attached hydrogens (tertiary/aromatic N) is 3. The zero-order chi connectivity index (χ0) is 19.0. The summed E-state index contributed by atoms with van der Waals surface area (Å²) in [4.78, 5) is 21.7. The van der Waals surface area contributed by atoms with Crippen molar-refractivity contribution >= 4 is 32.9 Å². The Bertz CT molecular complexity index is 1200. The van der Waals surface area contributed by atoms with Crippen molar-refractivity contribution < 1.29 is 4.74 Å². The van der Waals surface area contributed by atoms with Gasteiger partial charge in [0.2, 0.25) is 5.13 Å². The summed E-state index contributed by atoms with van der Waals surface area (Å²) in [6, 6.07) is 13.5. The molecule has 4 rings (SSSR count). The summed E-state index contributed by atoms with van der Waals surface area (Å²) in [5.41, 5.74) is 3.93. The Morgan fingerprint density at radius 1 is 1.19 bits per heavy atom. The van der Waals surface area contributed by atoms with E-state index in [2.05, 4.69) is 15.1 Å². The van der Waals surface area contributed by atoms with Crippen LogP contribution in [0.5, 0.6) is 5.75 Å². The van der Waals surface area contributed by atoms with Gasteiger partial charge < -0.3 is 4.74 Å². The van der Waals surface area contributed by atoms with Gasteiger partial charge in [0.25, 0.3) is 5.56 Å². The summed E-state index contributed by atoms with van der Waals surface area (Å²) >= 11 is 1.45. The predicted molar refractivity (Wildman–Crippen MR) is 109 cm³/mol. The van der Waals surface area contributed by atoms with Crippen LogP contribution >= 0.6 is 11.3 Å². The number of rotatable bonds is 4. The number of thiazole rings is 1. The van der Waals surface area contributed by atoms with Crippen molar-refractivity contribution in [3.05, 3.63) is 69.6 Å². The van der Waals surface area contributed by atoms with Crippen LogP contribution < -0.4 is 10.3 Å². The maximum Gasteiger partial charge on any atom is 0.280 e. The molecule has 0 aliphatic carbocycles. The van der Waals surface area contributed by atoms with Gasteiger partial charge in [-0.1, -0.05) is 29.0 Å². The fraction of sp³-hybridized carbons (Fsp3) is 0.150. The highest BCUT2D eigenvalue weighted by Gasteiger charge is 2.11. The molecular weight excluding hydrogens is 360 g/mol. The van der Waals surface area contributed by atoms with Gasteiger partial charge in [-0.2, -0.15) is 0 Å². The topological polar surface area (TPSA) is 72.3 Å². The fourth-order valence-corrected chi connectivity index (χ4v) is 3.62. The summed E-state index contributed by atoms with van der Waals surface area (Å²) in [6.45, 7) is 3.87. The molecule has 0 bridgehead atoms. The number of hydrogen-bond donors (Lipinski definition) is 1. The van der Waals surface area contributed by atoms with Gasteiger partial charge in [-0.15, -0.1) is 0 Å². The molecule has 0 fully saturated rings. The number of aromatic amines is 1. The highest BCUT2D eigenvalue weighted by atomic mass is 32.1. The number of ether oxygens (including phenoxy) is 1. The minimum absolute atomic E-state index is 0.136. The third kappa shape index (κ3) is 3.29. The predicted octanol–water partition coefficient (Wildman–Crippen LogP) is 4.15. The number of benzene rings is 2. The van der Waals surface area contributed by atoms with Crippen molar-refractivity contribution in [2.45, 2.75) is 13.8 Å². The Morgan fingerprint density at radius 2 is 1.96 bits per heavy atom. The third-order valence-corrected chi connectivity index (χ3v) is 5.22. The number of H-pyrrole nitrogens is 1. The summed E-state index contributed by atoms with van der Waals surface area (Å²) < 4.78 is 7.75. The normalized spacial score (nSPS) is 11.5. The summed E-state index contributed by atoms with van der Waals surface area (Å²) in [5.74, 6) is 0.782. The van der Waals surface area contributed by atoms with Crippen LogP contribution in [-0.2, 0) is 0 Å². The van der Waals surface area contributed by atoms with Gasteiger partial charge in [0.05, 0.1) is 28.6 Å². The molecule has 136 valence electrons. The standard InChI is InChI=1S/C20H18N4O2S/c1-12-4-6-14(7-5-12)24-19(25)16(13(2)23-24)11-21-20-22-17-9-8-15(26-3)10-18(17)27-20/h4-11,23H,1-3H3/b21-11+. The molecule has 2 aromatic heterocycles. The van der Waals surface area contributed by atoms with Crippen LogP contribution in [0.25, 0.3) is 15.9 Å². The monoisotopic (exact) mass is 378 g/mol. The highest BCUT2D eigenvalue weighted by molar-refractivity contribution is 7.22. The quantitative estimate of drug-likeness (QED) is 0.542. The number of hydrogen-bond acceptors (Lipinski definition) is 5. The second-order valence-corrected chi connectivity index (χ2v) is 7.22. The Hall–Kier alpha value is -3.19. The van der Waals surface area contributed by atoms with Crippen LogP contribution in [0.4, 0.5) is 5.13 Å². The van der Waals surface area contributed by atoms with Gasteiger partial charge in [-0.25, -0.2) is 14.7 Å². The van der Waals surface area contributed by atoms with E-state index in [0.717, 1.165) is 32.9 Å². The van der Waals surface area contributed by atoms with Crippen LogP contribution in [0.1, 0.15) is 16.8 Å². The van der Waals surface area contributed by atoms with E-state index in [9.17, 15) is 4.79 Å². The first-order valence-electron chi connectivity index (χ1n) is 8.42. The fourth-order valence-electron chi connectivity index (χ4n) is 2.78. The van der Waals surface area contributed by atoms with Crippen molar-refractivity contribution in [3.63, 3.8) is 0 Å². The van der Waals surface area contributed by atoms with Gasteiger partial charge in [0.1, 0.15) is 5.75 Å². The van der Waals surface area contributed by atoms with Gasteiger partial charge in [0, 0.05) is 11.9 Å². The Labute approximate surface area is 159 Å². The minimum atomic E-state index is -0.136. The first kappa shape index (κ1) is 17.2. The van der Waals surface area contributed by atoms with Crippen molar-refractivity contribution in [3.8, 4) is 11.4 Å². The van der Waals surface area contributed by atoms with Crippen molar-refractivity contribution in [1.29, 1.82) is 0 Å². The van der Waals surface area contributed by atoms with E-state index >= 15 is 0 Å². The number of fused-ring (bicyclic) bond motifs is 1. The van der Waals surface area contributed by atoms with Crippen LogP contribution in [-0.4, -0.2) is 28.1 Å². The molecule has 0 saturated heterocycles. The highest BCUT2D eigenvalue weighted by Crippen LogP contribution is 2.30.